The second-order valence-corrected chi connectivity index (χ2v) is 6.85. The number of carboxylic acids is 1. The molecule has 2 aliphatic heterocycles. The standard InChI is InChI=1S/C18H27N3O2/c22-18(23)7-6-15-13-20(14-16-5-1-2-9-19-16)12-8-17(15)21-10-3-4-11-21/h1-2,5,9,15,17H,3-4,6-8,10-14H2,(H,22,23)/t15-,17+/m1/s1. The number of pyridine rings is 1. The normalized spacial score (nSPS) is 26.4. The molecule has 1 aromatic rings. The molecule has 5 nitrogen and oxygen atoms in total. The van der Waals surface area contributed by atoms with Crippen LogP contribution in [0.15, 0.2) is 24.4 Å². The summed E-state index contributed by atoms with van der Waals surface area (Å²) in [5.74, 6) is -0.214. The molecule has 0 aliphatic carbocycles. The second kappa shape index (κ2) is 7.88. The molecule has 2 aliphatic rings. The predicted octanol–water partition coefficient (Wildman–Crippen LogP) is 2.23. The van der Waals surface area contributed by atoms with Crippen molar-refractivity contribution in [2.75, 3.05) is 26.2 Å². The molecule has 3 rings (SSSR count). The number of carboxylic acid groups (broad SMARTS) is 1. The van der Waals surface area contributed by atoms with E-state index in [1.165, 1.54) is 25.9 Å². The molecule has 3 heterocycles. The highest BCUT2D eigenvalue weighted by molar-refractivity contribution is 5.66. The lowest BCUT2D eigenvalue weighted by atomic mass is 9.87. The minimum Gasteiger partial charge on any atom is -0.481 e. The van der Waals surface area contributed by atoms with E-state index in [0.29, 0.717) is 12.0 Å². The molecule has 2 fully saturated rings. The third-order valence-electron chi connectivity index (χ3n) is 5.23. The van der Waals surface area contributed by atoms with Gasteiger partial charge in [0.25, 0.3) is 0 Å². The summed E-state index contributed by atoms with van der Waals surface area (Å²) in [6.07, 6.45) is 6.65. The first-order valence-electron chi connectivity index (χ1n) is 8.80. The lowest BCUT2D eigenvalue weighted by Gasteiger charge is -2.42. The Kier molecular flexibility index (Phi) is 5.62. The molecule has 5 heteroatoms. The summed E-state index contributed by atoms with van der Waals surface area (Å²) >= 11 is 0. The first-order valence-corrected chi connectivity index (χ1v) is 8.80. The Hall–Kier alpha value is -1.46. The van der Waals surface area contributed by atoms with E-state index in [2.05, 4.69) is 20.9 Å². The molecule has 0 aromatic carbocycles. The van der Waals surface area contributed by atoms with Gasteiger partial charge in [-0.15, -0.1) is 0 Å². The Morgan fingerprint density at radius 1 is 1.26 bits per heavy atom. The van der Waals surface area contributed by atoms with Crippen molar-refractivity contribution in [3.63, 3.8) is 0 Å². The minimum atomic E-state index is -0.674. The molecule has 126 valence electrons. The minimum absolute atomic E-state index is 0.284. The number of aromatic nitrogens is 1. The van der Waals surface area contributed by atoms with Gasteiger partial charge in [0.1, 0.15) is 0 Å². The molecule has 0 saturated carbocycles. The van der Waals surface area contributed by atoms with Crippen LogP contribution in [0.4, 0.5) is 0 Å². The number of nitrogens with zero attached hydrogens (tertiary/aromatic N) is 3. The third kappa shape index (κ3) is 4.52. The van der Waals surface area contributed by atoms with Gasteiger partial charge >= 0.3 is 5.97 Å². The summed E-state index contributed by atoms with van der Waals surface area (Å²) in [7, 11) is 0. The fraction of sp³-hybridized carbons (Fsp3) is 0.667. The molecule has 0 spiro atoms. The average molecular weight is 317 g/mol. The van der Waals surface area contributed by atoms with Gasteiger partial charge in [-0.3, -0.25) is 14.7 Å². The van der Waals surface area contributed by atoms with E-state index in [1.54, 1.807) is 0 Å². The molecule has 0 amide bonds. The summed E-state index contributed by atoms with van der Waals surface area (Å²) in [4.78, 5) is 20.5. The van der Waals surface area contributed by atoms with Crippen molar-refractivity contribution in [1.29, 1.82) is 0 Å². The summed E-state index contributed by atoms with van der Waals surface area (Å²) in [6, 6.07) is 6.61. The van der Waals surface area contributed by atoms with Crippen molar-refractivity contribution >= 4 is 5.97 Å². The smallest absolute Gasteiger partial charge is 0.303 e. The number of piperidine rings is 1. The number of likely N-dealkylation sites (tertiary alicyclic amines) is 2. The zero-order valence-electron chi connectivity index (χ0n) is 13.7. The zero-order valence-corrected chi connectivity index (χ0v) is 13.7. The average Bonchev–Trinajstić information content (AvgIpc) is 3.08. The van der Waals surface area contributed by atoms with Crippen molar-refractivity contribution in [3.8, 4) is 0 Å². The number of carbonyl (C=O) groups is 1. The molecule has 0 radical (unpaired) electrons. The number of hydrogen-bond donors (Lipinski definition) is 1. The van der Waals surface area contributed by atoms with Crippen molar-refractivity contribution in [2.24, 2.45) is 5.92 Å². The predicted molar refractivity (Wildman–Crippen MR) is 89.1 cm³/mol. The maximum atomic E-state index is 11.0. The number of aliphatic carboxylic acids is 1. The fourth-order valence-electron chi connectivity index (χ4n) is 4.11. The monoisotopic (exact) mass is 317 g/mol. The Balaban J connectivity index is 1.62. The van der Waals surface area contributed by atoms with E-state index in [9.17, 15) is 4.79 Å². The molecule has 2 saturated heterocycles. The van der Waals surface area contributed by atoms with Gasteiger partial charge < -0.3 is 10.0 Å². The molecule has 1 aromatic heterocycles. The van der Waals surface area contributed by atoms with Gasteiger partial charge in [-0.05, 0) is 56.8 Å². The summed E-state index contributed by atoms with van der Waals surface area (Å²) in [5, 5.41) is 9.06. The molecule has 0 unspecified atom stereocenters. The van der Waals surface area contributed by atoms with E-state index in [-0.39, 0.29) is 6.42 Å². The largest absolute Gasteiger partial charge is 0.481 e. The van der Waals surface area contributed by atoms with Gasteiger partial charge in [-0.2, -0.15) is 0 Å². The molecule has 23 heavy (non-hydrogen) atoms. The van der Waals surface area contributed by atoms with E-state index >= 15 is 0 Å². The van der Waals surface area contributed by atoms with Crippen LogP contribution >= 0.6 is 0 Å². The first kappa shape index (κ1) is 16.4. The van der Waals surface area contributed by atoms with Crippen LogP contribution in [0.1, 0.15) is 37.8 Å². The molecule has 0 bridgehead atoms. The van der Waals surface area contributed by atoms with Crippen LogP contribution in [-0.4, -0.2) is 58.1 Å². The van der Waals surface area contributed by atoms with Gasteiger partial charge in [-0.1, -0.05) is 6.07 Å². The van der Waals surface area contributed by atoms with Gasteiger partial charge in [0.2, 0.25) is 0 Å². The molecular weight excluding hydrogens is 290 g/mol. The topological polar surface area (TPSA) is 56.7 Å². The highest BCUT2D eigenvalue weighted by Gasteiger charge is 2.34. The number of hydrogen-bond acceptors (Lipinski definition) is 4. The maximum absolute atomic E-state index is 11.0. The lowest BCUT2D eigenvalue weighted by Crippen LogP contribution is -2.50. The van der Waals surface area contributed by atoms with E-state index in [1.807, 2.05) is 18.3 Å². The zero-order chi connectivity index (χ0) is 16.1. The summed E-state index contributed by atoms with van der Waals surface area (Å²) in [6.45, 7) is 5.33. The highest BCUT2D eigenvalue weighted by Crippen LogP contribution is 2.29. The second-order valence-electron chi connectivity index (χ2n) is 6.85. The van der Waals surface area contributed by atoms with E-state index < -0.39 is 5.97 Å². The lowest BCUT2D eigenvalue weighted by molar-refractivity contribution is -0.137. The van der Waals surface area contributed by atoms with Crippen LogP contribution in [-0.2, 0) is 11.3 Å². The molecule has 1 N–H and O–H groups in total. The van der Waals surface area contributed by atoms with Crippen LogP contribution in [0.25, 0.3) is 0 Å². The SMILES string of the molecule is O=C(O)CC[C@@H]1CN(Cc2ccccn2)CC[C@@H]1N1CCCC1. The van der Waals surface area contributed by atoms with Crippen LogP contribution in [0, 0.1) is 5.92 Å². The van der Waals surface area contributed by atoms with Gasteiger partial charge in [0.05, 0.1) is 5.69 Å². The Bertz CT molecular complexity index is 502. The van der Waals surface area contributed by atoms with Crippen LogP contribution in [0.5, 0.6) is 0 Å². The van der Waals surface area contributed by atoms with Gasteiger partial charge in [0.15, 0.2) is 0 Å². The summed E-state index contributed by atoms with van der Waals surface area (Å²) < 4.78 is 0. The Labute approximate surface area is 138 Å². The van der Waals surface area contributed by atoms with E-state index in [4.69, 9.17) is 5.11 Å². The molecular formula is C18H27N3O2. The first-order chi connectivity index (χ1) is 11.2. The van der Waals surface area contributed by atoms with Crippen molar-refractivity contribution in [2.45, 2.75) is 44.7 Å². The fourth-order valence-corrected chi connectivity index (χ4v) is 4.11. The molecule has 2 atom stereocenters. The quantitative estimate of drug-likeness (QED) is 0.872. The maximum Gasteiger partial charge on any atom is 0.303 e. The van der Waals surface area contributed by atoms with Crippen LogP contribution in [0.3, 0.4) is 0 Å². The van der Waals surface area contributed by atoms with Crippen LogP contribution in [0.2, 0.25) is 0 Å². The van der Waals surface area contributed by atoms with Crippen molar-refractivity contribution < 1.29 is 9.90 Å². The van der Waals surface area contributed by atoms with Gasteiger partial charge in [0, 0.05) is 38.3 Å². The highest BCUT2D eigenvalue weighted by atomic mass is 16.4. The van der Waals surface area contributed by atoms with Crippen molar-refractivity contribution in [1.82, 2.24) is 14.8 Å². The van der Waals surface area contributed by atoms with Crippen LogP contribution < -0.4 is 0 Å². The van der Waals surface area contributed by atoms with Gasteiger partial charge in [-0.25, -0.2) is 0 Å². The Morgan fingerprint density at radius 2 is 2.09 bits per heavy atom. The van der Waals surface area contributed by atoms with E-state index in [0.717, 1.165) is 38.2 Å². The van der Waals surface area contributed by atoms with Crippen molar-refractivity contribution in [3.05, 3.63) is 30.1 Å². The number of rotatable bonds is 6. The third-order valence-corrected chi connectivity index (χ3v) is 5.23. The Morgan fingerprint density at radius 3 is 2.78 bits per heavy atom. The summed E-state index contributed by atoms with van der Waals surface area (Å²) in [5.41, 5.74) is 1.10.